The molecule has 1 aromatic carbocycles. The van der Waals surface area contributed by atoms with Crippen LogP contribution in [-0.4, -0.2) is 14.5 Å². The van der Waals surface area contributed by atoms with Gasteiger partial charge in [-0.1, -0.05) is 12.0 Å². The largest absolute Gasteiger partial charge is 0.329 e. The summed E-state index contributed by atoms with van der Waals surface area (Å²) in [4.78, 5) is 18.4. The molecular formula is C19H17N3O. The summed E-state index contributed by atoms with van der Waals surface area (Å²) in [5, 5.41) is 0. The van der Waals surface area contributed by atoms with Crippen molar-refractivity contribution < 1.29 is 0 Å². The molecule has 0 saturated carbocycles. The van der Waals surface area contributed by atoms with Gasteiger partial charge in [0.25, 0.3) is 0 Å². The second-order valence-electron chi connectivity index (χ2n) is 5.53. The van der Waals surface area contributed by atoms with Gasteiger partial charge in [0.05, 0.1) is 5.69 Å². The van der Waals surface area contributed by atoms with Crippen LogP contribution in [0.1, 0.15) is 28.1 Å². The van der Waals surface area contributed by atoms with E-state index in [1.165, 1.54) is 17.2 Å². The summed E-state index contributed by atoms with van der Waals surface area (Å²) >= 11 is 0. The average molecular weight is 303 g/mol. The number of benzene rings is 1. The molecule has 2 heterocycles. The Bertz CT molecular complexity index is 984. The van der Waals surface area contributed by atoms with Gasteiger partial charge < -0.3 is 4.98 Å². The number of hydrogen-bond acceptors (Lipinski definition) is 2. The zero-order valence-corrected chi connectivity index (χ0v) is 13.3. The molecule has 0 saturated heterocycles. The fraction of sp³-hybridized carbons (Fsp3) is 0.158. The Morgan fingerprint density at radius 2 is 1.83 bits per heavy atom. The van der Waals surface area contributed by atoms with Crippen molar-refractivity contribution >= 4 is 0 Å². The summed E-state index contributed by atoms with van der Waals surface area (Å²) in [5.41, 5.74) is 5.21. The van der Waals surface area contributed by atoms with E-state index in [1.54, 1.807) is 23.2 Å². The molecule has 0 atom stereocenters. The van der Waals surface area contributed by atoms with Crippen molar-refractivity contribution in [3.8, 4) is 17.5 Å². The highest BCUT2D eigenvalue weighted by molar-refractivity contribution is 5.48. The predicted molar refractivity (Wildman–Crippen MR) is 90.8 cm³/mol. The van der Waals surface area contributed by atoms with E-state index in [9.17, 15) is 4.79 Å². The molecule has 0 spiro atoms. The first-order valence-corrected chi connectivity index (χ1v) is 7.37. The topological polar surface area (TPSA) is 50.7 Å². The number of imidazole rings is 1. The summed E-state index contributed by atoms with van der Waals surface area (Å²) < 4.78 is 1.80. The molecule has 3 aromatic rings. The predicted octanol–water partition coefficient (Wildman–Crippen LogP) is 2.89. The molecule has 0 radical (unpaired) electrons. The number of aromatic amines is 1. The number of aryl methyl sites for hydroxylation is 3. The normalized spacial score (nSPS) is 10.2. The van der Waals surface area contributed by atoms with Gasteiger partial charge in [-0.3, -0.25) is 9.36 Å². The van der Waals surface area contributed by atoms with Crippen LogP contribution in [0.3, 0.4) is 0 Å². The smallest absolute Gasteiger partial charge is 0.250 e. The quantitative estimate of drug-likeness (QED) is 0.703. The molecule has 0 aliphatic heterocycles. The van der Waals surface area contributed by atoms with Gasteiger partial charge in [0.15, 0.2) is 5.82 Å². The highest BCUT2D eigenvalue weighted by atomic mass is 16.1. The lowest BCUT2D eigenvalue weighted by Gasteiger charge is -2.04. The van der Waals surface area contributed by atoms with Crippen molar-refractivity contribution in [1.29, 1.82) is 0 Å². The number of pyridine rings is 1. The molecule has 23 heavy (non-hydrogen) atoms. The molecular weight excluding hydrogens is 286 g/mol. The lowest BCUT2D eigenvalue weighted by Crippen LogP contribution is -2.06. The van der Waals surface area contributed by atoms with Crippen LogP contribution < -0.4 is 5.56 Å². The second-order valence-corrected chi connectivity index (χ2v) is 5.53. The van der Waals surface area contributed by atoms with Crippen molar-refractivity contribution in [3.63, 3.8) is 0 Å². The number of nitrogens with zero attached hydrogens (tertiary/aromatic N) is 2. The molecule has 0 bridgehead atoms. The van der Waals surface area contributed by atoms with Gasteiger partial charge in [-0.25, -0.2) is 4.98 Å². The zero-order chi connectivity index (χ0) is 16.4. The summed E-state index contributed by atoms with van der Waals surface area (Å²) in [6, 6.07) is 7.57. The van der Waals surface area contributed by atoms with Crippen LogP contribution in [0.25, 0.3) is 5.69 Å². The third-order valence-electron chi connectivity index (χ3n) is 3.83. The van der Waals surface area contributed by atoms with Gasteiger partial charge in [0.1, 0.15) is 0 Å². The fourth-order valence-electron chi connectivity index (χ4n) is 2.41. The van der Waals surface area contributed by atoms with E-state index >= 15 is 0 Å². The summed E-state index contributed by atoms with van der Waals surface area (Å²) in [6.07, 6.45) is 5.09. The molecule has 1 N–H and O–H groups in total. The van der Waals surface area contributed by atoms with Crippen LogP contribution >= 0.6 is 0 Å². The van der Waals surface area contributed by atoms with Crippen LogP contribution in [0.5, 0.6) is 0 Å². The summed E-state index contributed by atoms with van der Waals surface area (Å²) in [7, 11) is 0. The summed E-state index contributed by atoms with van der Waals surface area (Å²) in [6.45, 7) is 6.23. The fourth-order valence-corrected chi connectivity index (χ4v) is 2.41. The van der Waals surface area contributed by atoms with E-state index in [-0.39, 0.29) is 5.56 Å². The Morgan fingerprint density at radius 3 is 2.61 bits per heavy atom. The Morgan fingerprint density at radius 1 is 1.04 bits per heavy atom. The highest BCUT2D eigenvalue weighted by Gasteiger charge is 2.03. The minimum atomic E-state index is -0.153. The Labute approximate surface area is 134 Å². The van der Waals surface area contributed by atoms with Crippen LogP contribution in [0.4, 0.5) is 0 Å². The molecule has 0 unspecified atom stereocenters. The van der Waals surface area contributed by atoms with Gasteiger partial charge in [0, 0.05) is 30.2 Å². The van der Waals surface area contributed by atoms with Crippen molar-refractivity contribution in [2.24, 2.45) is 0 Å². The SMILES string of the molecule is Cc1cc(C)c(C#Cc2nccn2-c2cc[nH]c(=O)c2)cc1C. The highest BCUT2D eigenvalue weighted by Crippen LogP contribution is 2.14. The lowest BCUT2D eigenvalue weighted by molar-refractivity contribution is 1.01. The molecule has 0 amide bonds. The number of aromatic nitrogens is 3. The summed E-state index contributed by atoms with van der Waals surface area (Å²) in [5.74, 6) is 6.90. The van der Waals surface area contributed by atoms with Crippen LogP contribution in [0, 0.1) is 32.6 Å². The van der Waals surface area contributed by atoms with Gasteiger partial charge in [0.2, 0.25) is 5.56 Å². The molecule has 2 aromatic heterocycles. The van der Waals surface area contributed by atoms with Crippen LogP contribution in [0.2, 0.25) is 0 Å². The third kappa shape index (κ3) is 3.09. The molecule has 0 aliphatic carbocycles. The number of nitrogens with one attached hydrogen (secondary N) is 1. The minimum absolute atomic E-state index is 0.153. The maximum Gasteiger partial charge on any atom is 0.250 e. The Hall–Kier alpha value is -3.06. The van der Waals surface area contributed by atoms with Crippen molar-refractivity contribution in [3.05, 3.63) is 81.3 Å². The van der Waals surface area contributed by atoms with Gasteiger partial charge in [-0.2, -0.15) is 0 Å². The first kappa shape index (κ1) is 14.9. The number of H-pyrrole nitrogens is 1. The van der Waals surface area contributed by atoms with Gasteiger partial charge in [-0.15, -0.1) is 0 Å². The molecule has 0 aliphatic rings. The number of rotatable bonds is 1. The monoisotopic (exact) mass is 303 g/mol. The van der Waals surface area contributed by atoms with Crippen LogP contribution in [-0.2, 0) is 0 Å². The first-order valence-electron chi connectivity index (χ1n) is 7.37. The Balaban J connectivity index is 2.02. The van der Waals surface area contributed by atoms with Crippen molar-refractivity contribution in [1.82, 2.24) is 14.5 Å². The third-order valence-corrected chi connectivity index (χ3v) is 3.83. The standard InChI is InChI=1S/C19H17N3O/c1-13-10-15(3)16(11-14(13)2)4-5-18-20-8-9-22(18)17-6-7-21-19(23)12-17/h6-12H,1-3H3,(H,21,23). The van der Waals surface area contributed by atoms with Crippen molar-refractivity contribution in [2.75, 3.05) is 0 Å². The number of hydrogen-bond donors (Lipinski definition) is 1. The van der Waals surface area contributed by atoms with Gasteiger partial charge in [-0.05, 0) is 55.5 Å². The van der Waals surface area contributed by atoms with E-state index in [2.05, 4.69) is 54.7 Å². The van der Waals surface area contributed by atoms with Crippen LogP contribution in [0.15, 0.2) is 47.7 Å². The lowest BCUT2D eigenvalue weighted by atomic mass is 10.0. The van der Waals surface area contributed by atoms with Crippen molar-refractivity contribution in [2.45, 2.75) is 20.8 Å². The average Bonchev–Trinajstić information content (AvgIpc) is 2.98. The van der Waals surface area contributed by atoms with E-state index in [0.29, 0.717) is 5.82 Å². The zero-order valence-electron chi connectivity index (χ0n) is 13.3. The van der Waals surface area contributed by atoms with Gasteiger partial charge >= 0.3 is 0 Å². The van der Waals surface area contributed by atoms with E-state index < -0.39 is 0 Å². The van der Waals surface area contributed by atoms with E-state index in [1.807, 2.05) is 6.07 Å². The maximum atomic E-state index is 11.5. The maximum absolute atomic E-state index is 11.5. The molecule has 4 heteroatoms. The van der Waals surface area contributed by atoms with E-state index in [4.69, 9.17) is 0 Å². The molecule has 0 fully saturated rings. The molecule has 3 rings (SSSR count). The Kier molecular flexibility index (Phi) is 3.86. The second kappa shape index (κ2) is 5.98. The van der Waals surface area contributed by atoms with E-state index in [0.717, 1.165) is 16.8 Å². The molecule has 4 nitrogen and oxygen atoms in total. The first-order chi connectivity index (χ1) is 11.0. The minimum Gasteiger partial charge on any atom is -0.329 e. The molecule has 114 valence electrons.